The highest BCUT2D eigenvalue weighted by molar-refractivity contribution is 5.09. The Labute approximate surface area is 101 Å². The maximum absolute atomic E-state index is 10.1. The number of aliphatic hydroxyl groups is 1. The van der Waals surface area contributed by atoms with Crippen molar-refractivity contribution in [3.63, 3.8) is 0 Å². The lowest BCUT2D eigenvalue weighted by molar-refractivity contribution is 0.0504. The molecule has 0 aliphatic heterocycles. The van der Waals surface area contributed by atoms with Crippen LogP contribution in [-0.2, 0) is 0 Å². The van der Waals surface area contributed by atoms with Gasteiger partial charge in [0.25, 0.3) is 0 Å². The normalized spacial score (nSPS) is 18.6. The summed E-state index contributed by atoms with van der Waals surface area (Å²) in [5.74, 6) is 0.516. The summed E-state index contributed by atoms with van der Waals surface area (Å²) >= 11 is 0. The largest absolute Gasteiger partial charge is 0.392 e. The quantitative estimate of drug-likeness (QED) is 0.638. The second kappa shape index (κ2) is 6.24. The van der Waals surface area contributed by atoms with Crippen molar-refractivity contribution in [1.29, 1.82) is 0 Å². The predicted molar refractivity (Wildman–Crippen MR) is 72.4 cm³/mol. The Balaban J connectivity index is 4.58. The Hall–Kier alpha value is -0.560. The van der Waals surface area contributed by atoms with Gasteiger partial charge in [0.1, 0.15) is 0 Å². The van der Waals surface area contributed by atoms with Gasteiger partial charge in [0, 0.05) is 5.41 Å². The number of rotatable bonds is 7. The molecule has 0 aromatic rings. The molecule has 16 heavy (non-hydrogen) atoms. The van der Waals surface area contributed by atoms with Crippen molar-refractivity contribution < 1.29 is 5.11 Å². The zero-order valence-corrected chi connectivity index (χ0v) is 11.6. The summed E-state index contributed by atoms with van der Waals surface area (Å²) in [4.78, 5) is 0. The van der Waals surface area contributed by atoms with Gasteiger partial charge in [-0.1, -0.05) is 45.1 Å². The lowest BCUT2D eigenvalue weighted by Gasteiger charge is -2.36. The summed E-state index contributed by atoms with van der Waals surface area (Å²) < 4.78 is 0. The van der Waals surface area contributed by atoms with Crippen LogP contribution in [0.5, 0.6) is 0 Å². The van der Waals surface area contributed by atoms with E-state index in [-0.39, 0.29) is 11.5 Å². The first kappa shape index (κ1) is 15.4. The summed E-state index contributed by atoms with van der Waals surface area (Å²) in [5.41, 5.74) is 2.14. The van der Waals surface area contributed by atoms with Crippen LogP contribution in [0.15, 0.2) is 24.3 Å². The van der Waals surface area contributed by atoms with Crippen LogP contribution in [0.1, 0.15) is 53.9 Å². The molecule has 0 fully saturated rings. The molecule has 0 bridgehead atoms. The third kappa shape index (κ3) is 3.79. The lowest BCUT2D eigenvalue weighted by Crippen LogP contribution is -2.33. The first-order chi connectivity index (χ1) is 7.25. The van der Waals surface area contributed by atoms with Gasteiger partial charge >= 0.3 is 0 Å². The highest BCUT2D eigenvalue weighted by Crippen LogP contribution is 2.38. The second-order valence-electron chi connectivity index (χ2n) is 5.41. The summed E-state index contributed by atoms with van der Waals surface area (Å²) in [6.45, 7) is 18.4. The third-order valence-corrected chi connectivity index (χ3v) is 4.04. The molecule has 0 aliphatic carbocycles. The standard InChI is InChI=1S/C15H28O/c1-8-14(16)15(7,12(4)5)10-9-13(6)11(2)3/h13-14,16H,2,4,8-10H2,1,3,5-7H3. The first-order valence-electron chi connectivity index (χ1n) is 6.25. The van der Waals surface area contributed by atoms with Crippen molar-refractivity contribution in [1.82, 2.24) is 0 Å². The van der Waals surface area contributed by atoms with Gasteiger partial charge in [0.15, 0.2) is 0 Å². The molecule has 94 valence electrons. The van der Waals surface area contributed by atoms with Crippen molar-refractivity contribution in [3.05, 3.63) is 24.3 Å². The fourth-order valence-electron chi connectivity index (χ4n) is 1.88. The molecule has 3 unspecified atom stereocenters. The van der Waals surface area contributed by atoms with E-state index in [0.717, 1.165) is 24.8 Å². The van der Waals surface area contributed by atoms with Gasteiger partial charge in [-0.25, -0.2) is 0 Å². The SMILES string of the molecule is C=C(C)C(C)CCC(C)(C(=C)C)C(O)CC. The van der Waals surface area contributed by atoms with Gasteiger partial charge in [-0.15, -0.1) is 0 Å². The predicted octanol–water partition coefficient (Wildman–Crippen LogP) is 4.33. The molecule has 0 heterocycles. The maximum atomic E-state index is 10.1. The molecule has 1 heteroatoms. The van der Waals surface area contributed by atoms with Crippen LogP contribution in [0.25, 0.3) is 0 Å². The molecule has 0 radical (unpaired) electrons. The molecule has 0 spiro atoms. The van der Waals surface area contributed by atoms with Crippen LogP contribution in [0.4, 0.5) is 0 Å². The Bertz CT molecular complexity index is 254. The van der Waals surface area contributed by atoms with Crippen LogP contribution in [0.3, 0.4) is 0 Å². The lowest BCUT2D eigenvalue weighted by atomic mass is 9.72. The first-order valence-corrected chi connectivity index (χ1v) is 6.25. The summed E-state index contributed by atoms with van der Waals surface area (Å²) in [6.07, 6.45) is 2.54. The average molecular weight is 224 g/mol. The van der Waals surface area contributed by atoms with Crippen LogP contribution in [0, 0.1) is 11.3 Å². The van der Waals surface area contributed by atoms with E-state index in [1.54, 1.807) is 0 Å². The third-order valence-electron chi connectivity index (χ3n) is 4.04. The van der Waals surface area contributed by atoms with Gasteiger partial charge < -0.3 is 5.11 Å². The molecule has 0 aromatic carbocycles. The summed E-state index contributed by atoms with van der Waals surface area (Å²) in [5, 5.41) is 10.1. The fraction of sp³-hybridized carbons (Fsp3) is 0.733. The van der Waals surface area contributed by atoms with E-state index in [4.69, 9.17) is 0 Å². The molecule has 0 saturated heterocycles. The van der Waals surface area contributed by atoms with Gasteiger partial charge in [-0.05, 0) is 39.0 Å². The monoisotopic (exact) mass is 224 g/mol. The Kier molecular flexibility index (Phi) is 6.02. The van der Waals surface area contributed by atoms with E-state index < -0.39 is 0 Å². The molecular formula is C15H28O. The van der Waals surface area contributed by atoms with Gasteiger partial charge in [-0.2, -0.15) is 0 Å². The van der Waals surface area contributed by atoms with E-state index in [2.05, 4.69) is 33.9 Å². The second-order valence-corrected chi connectivity index (χ2v) is 5.41. The van der Waals surface area contributed by atoms with Gasteiger partial charge in [0.05, 0.1) is 6.10 Å². The van der Waals surface area contributed by atoms with E-state index in [1.165, 1.54) is 5.57 Å². The van der Waals surface area contributed by atoms with E-state index in [1.807, 2.05) is 13.8 Å². The molecule has 0 aromatic heterocycles. The average Bonchev–Trinajstić information content (AvgIpc) is 2.23. The molecule has 0 aliphatic rings. The number of hydrogen-bond acceptors (Lipinski definition) is 1. The summed E-state index contributed by atoms with van der Waals surface area (Å²) in [7, 11) is 0. The Morgan fingerprint density at radius 2 is 1.81 bits per heavy atom. The fourth-order valence-corrected chi connectivity index (χ4v) is 1.88. The minimum atomic E-state index is -0.290. The van der Waals surface area contributed by atoms with Crippen molar-refractivity contribution in [3.8, 4) is 0 Å². The Morgan fingerprint density at radius 3 is 2.12 bits per heavy atom. The van der Waals surface area contributed by atoms with E-state index >= 15 is 0 Å². The van der Waals surface area contributed by atoms with E-state index in [0.29, 0.717) is 5.92 Å². The van der Waals surface area contributed by atoms with Crippen molar-refractivity contribution in [2.75, 3.05) is 0 Å². The minimum absolute atomic E-state index is 0.154. The molecule has 3 atom stereocenters. The number of allylic oxidation sites excluding steroid dienone is 1. The summed E-state index contributed by atoms with van der Waals surface area (Å²) in [6, 6.07) is 0. The molecule has 0 saturated carbocycles. The molecule has 0 rings (SSSR count). The molecule has 1 nitrogen and oxygen atoms in total. The zero-order chi connectivity index (χ0) is 12.9. The van der Waals surface area contributed by atoms with E-state index in [9.17, 15) is 5.11 Å². The van der Waals surface area contributed by atoms with Crippen molar-refractivity contribution >= 4 is 0 Å². The topological polar surface area (TPSA) is 20.2 Å². The maximum Gasteiger partial charge on any atom is 0.0628 e. The van der Waals surface area contributed by atoms with Gasteiger partial charge in [-0.3, -0.25) is 0 Å². The smallest absolute Gasteiger partial charge is 0.0628 e. The van der Waals surface area contributed by atoms with Crippen molar-refractivity contribution in [2.24, 2.45) is 11.3 Å². The van der Waals surface area contributed by atoms with Crippen molar-refractivity contribution in [2.45, 2.75) is 60.0 Å². The molecule has 0 amide bonds. The van der Waals surface area contributed by atoms with Gasteiger partial charge in [0.2, 0.25) is 0 Å². The van der Waals surface area contributed by atoms with Crippen LogP contribution in [-0.4, -0.2) is 11.2 Å². The minimum Gasteiger partial charge on any atom is -0.392 e. The number of hydrogen-bond donors (Lipinski definition) is 1. The van der Waals surface area contributed by atoms with Crippen LogP contribution < -0.4 is 0 Å². The highest BCUT2D eigenvalue weighted by Gasteiger charge is 2.32. The zero-order valence-electron chi connectivity index (χ0n) is 11.6. The highest BCUT2D eigenvalue weighted by atomic mass is 16.3. The molecule has 1 N–H and O–H groups in total. The number of aliphatic hydroxyl groups excluding tert-OH is 1. The van der Waals surface area contributed by atoms with Crippen LogP contribution >= 0.6 is 0 Å². The Morgan fingerprint density at radius 1 is 1.31 bits per heavy atom. The van der Waals surface area contributed by atoms with Crippen LogP contribution in [0.2, 0.25) is 0 Å². The molecular weight excluding hydrogens is 196 g/mol.